The second-order valence-corrected chi connectivity index (χ2v) is 15.1. The summed E-state index contributed by atoms with van der Waals surface area (Å²) in [6.07, 6.45) is 0. The number of aromatic nitrogens is 3. The van der Waals surface area contributed by atoms with E-state index >= 15 is 0 Å². The van der Waals surface area contributed by atoms with Crippen LogP contribution in [0.1, 0.15) is 22.3 Å². The summed E-state index contributed by atoms with van der Waals surface area (Å²) in [6.45, 7) is 0. The van der Waals surface area contributed by atoms with Gasteiger partial charge in [0, 0.05) is 27.5 Å². The molecule has 0 aliphatic heterocycles. The van der Waals surface area contributed by atoms with E-state index in [1.165, 1.54) is 33.2 Å². The Bertz CT molecular complexity index is 3370. The number of fused-ring (bicyclic) bond motifs is 9. The fraction of sp³-hybridized carbons (Fsp3) is 0.0185. The average molecular weight is 740 g/mol. The first-order valence-corrected chi connectivity index (χ1v) is 19.7. The van der Waals surface area contributed by atoms with Crippen molar-refractivity contribution in [2.75, 3.05) is 0 Å². The van der Waals surface area contributed by atoms with Gasteiger partial charge >= 0.3 is 0 Å². The molecule has 0 saturated carbocycles. The van der Waals surface area contributed by atoms with Crippen molar-refractivity contribution in [2.45, 2.75) is 5.41 Å². The van der Waals surface area contributed by atoms with E-state index in [0.29, 0.717) is 17.5 Å². The zero-order chi connectivity index (χ0) is 38.2. The minimum atomic E-state index is -0.552. The van der Waals surface area contributed by atoms with Crippen molar-refractivity contribution in [1.29, 1.82) is 0 Å². The van der Waals surface area contributed by atoms with Crippen LogP contribution in [0.25, 0.3) is 88.8 Å². The molecule has 0 saturated heterocycles. The Kier molecular flexibility index (Phi) is 7.11. The van der Waals surface area contributed by atoms with E-state index in [4.69, 9.17) is 19.4 Å². The van der Waals surface area contributed by atoms with Crippen molar-refractivity contribution < 1.29 is 4.42 Å². The van der Waals surface area contributed by atoms with Crippen molar-refractivity contribution in [3.8, 4) is 45.3 Å². The third-order valence-electron chi connectivity index (χ3n) is 12.0. The summed E-state index contributed by atoms with van der Waals surface area (Å²) >= 11 is 0. The van der Waals surface area contributed by atoms with Crippen LogP contribution < -0.4 is 0 Å². The summed E-state index contributed by atoms with van der Waals surface area (Å²) in [5.41, 5.74) is 11.2. The maximum atomic E-state index is 6.36. The summed E-state index contributed by atoms with van der Waals surface area (Å²) in [4.78, 5) is 15.9. The third-order valence-corrected chi connectivity index (χ3v) is 12.0. The summed E-state index contributed by atoms with van der Waals surface area (Å²) < 4.78 is 6.36. The van der Waals surface area contributed by atoms with Gasteiger partial charge in [-0.25, -0.2) is 15.0 Å². The van der Waals surface area contributed by atoms with Gasteiger partial charge in [0.1, 0.15) is 11.2 Å². The topological polar surface area (TPSA) is 51.8 Å². The standard InChI is InChI=1S/C54H33N3O/c1-2-17-37(18-3-1)54(47-26-11-8-23-42(47)43-24-9-12-27-48(43)54)38-19-14-16-35(31-38)51-55-52(36-29-30-45-44-25-10-13-28-49(44)58-50(45)33-36)57-53(56-51)46-32-34-15-4-5-20-39(34)40-21-6-7-22-41(40)46/h1-33H. The normalized spacial score (nSPS) is 13.0. The minimum Gasteiger partial charge on any atom is -0.456 e. The predicted octanol–water partition coefficient (Wildman–Crippen LogP) is 13.4. The number of rotatable bonds is 5. The summed E-state index contributed by atoms with van der Waals surface area (Å²) in [5, 5.41) is 6.73. The molecular formula is C54H33N3O. The molecule has 0 N–H and O–H groups in total. The van der Waals surface area contributed by atoms with Crippen molar-refractivity contribution in [3.05, 3.63) is 222 Å². The molecule has 4 heteroatoms. The lowest BCUT2D eigenvalue weighted by atomic mass is 9.67. The Morgan fingerprint density at radius 1 is 0.328 bits per heavy atom. The summed E-state index contributed by atoms with van der Waals surface area (Å²) in [7, 11) is 0. The van der Waals surface area contributed by atoms with Gasteiger partial charge in [-0.15, -0.1) is 0 Å². The second-order valence-electron chi connectivity index (χ2n) is 15.1. The fourth-order valence-electron chi connectivity index (χ4n) is 9.46. The number of para-hydroxylation sites is 1. The van der Waals surface area contributed by atoms with Crippen LogP contribution in [-0.4, -0.2) is 15.0 Å². The van der Waals surface area contributed by atoms with Gasteiger partial charge < -0.3 is 4.42 Å². The molecule has 0 fully saturated rings. The summed E-state index contributed by atoms with van der Waals surface area (Å²) in [6, 6.07) is 71.1. The molecular weight excluding hydrogens is 707 g/mol. The monoisotopic (exact) mass is 739 g/mol. The molecule has 1 aliphatic rings. The Morgan fingerprint density at radius 3 is 1.67 bits per heavy atom. The molecule has 1 aliphatic carbocycles. The van der Waals surface area contributed by atoms with Crippen LogP contribution in [0.15, 0.2) is 205 Å². The van der Waals surface area contributed by atoms with E-state index < -0.39 is 5.41 Å². The minimum absolute atomic E-state index is 0.552. The lowest BCUT2D eigenvalue weighted by Gasteiger charge is -2.34. The van der Waals surface area contributed by atoms with E-state index in [0.717, 1.165) is 60.4 Å². The quantitative estimate of drug-likeness (QED) is 0.165. The molecule has 12 rings (SSSR count). The van der Waals surface area contributed by atoms with E-state index in [9.17, 15) is 0 Å². The number of hydrogen-bond donors (Lipinski definition) is 0. The fourth-order valence-corrected chi connectivity index (χ4v) is 9.46. The maximum absolute atomic E-state index is 6.36. The molecule has 0 amide bonds. The highest BCUT2D eigenvalue weighted by molar-refractivity contribution is 6.13. The molecule has 2 aromatic heterocycles. The Hall–Kier alpha value is -7.69. The van der Waals surface area contributed by atoms with Crippen LogP contribution in [0.4, 0.5) is 0 Å². The van der Waals surface area contributed by atoms with Crippen LogP contribution in [0.2, 0.25) is 0 Å². The molecule has 4 nitrogen and oxygen atoms in total. The van der Waals surface area contributed by atoms with E-state index in [-0.39, 0.29) is 0 Å². The molecule has 0 radical (unpaired) electrons. The molecule has 11 aromatic rings. The smallest absolute Gasteiger partial charge is 0.164 e. The van der Waals surface area contributed by atoms with Gasteiger partial charge in [0.25, 0.3) is 0 Å². The Balaban J connectivity index is 1.12. The van der Waals surface area contributed by atoms with Crippen molar-refractivity contribution in [3.63, 3.8) is 0 Å². The zero-order valence-corrected chi connectivity index (χ0v) is 31.3. The predicted molar refractivity (Wildman–Crippen MR) is 236 cm³/mol. The number of furan rings is 1. The van der Waals surface area contributed by atoms with Crippen LogP contribution in [-0.2, 0) is 5.41 Å². The maximum Gasteiger partial charge on any atom is 0.164 e. The Labute approximate surface area is 334 Å². The number of benzene rings is 9. The van der Waals surface area contributed by atoms with Crippen molar-refractivity contribution in [1.82, 2.24) is 15.0 Å². The highest BCUT2D eigenvalue weighted by atomic mass is 16.3. The summed E-state index contributed by atoms with van der Waals surface area (Å²) in [5.74, 6) is 1.80. The lowest BCUT2D eigenvalue weighted by Crippen LogP contribution is -2.28. The zero-order valence-electron chi connectivity index (χ0n) is 31.3. The van der Waals surface area contributed by atoms with Crippen molar-refractivity contribution in [2.24, 2.45) is 0 Å². The van der Waals surface area contributed by atoms with Gasteiger partial charge in [-0.1, -0.05) is 170 Å². The molecule has 270 valence electrons. The molecule has 9 aromatic carbocycles. The molecule has 0 atom stereocenters. The average Bonchev–Trinajstić information content (AvgIpc) is 3.82. The first-order chi connectivity index (χ1) is 28.7. The Morgan fingerprint density at radius 2 is 0.897 bits per heavy atom. The van der Waals surface area contributed by atoms with Gasteiger partial charge in [0.05, 0.1) is 5.41 Å². The van der Waals surface area contributed by atoms with Gasteiger partial charge in [-0.2, -0.15) is 0 Å². The molecule has 0 bridgehead atoms. The van der Waals surface area contributed by atoms with Gasteiger partial charge in [0.15, 0.2) is 17.5 Å². The highest BCUT2D eigenvalue weighted by Gasteiger charge is 2.46. The number of hydrogen-bond acceptors (Lipinski definition) is 4. The van der Waals surface area contributed by atoms with Gasteiger partial charge in [-0.3, -0.25) is 0 Å². The van der Waals surface area contributed by atoms with Gasteiger partial charge in [-0.05, 0) is 85.3 Å². The largest absolute Gasteiger partial charge is 0.456 e. The second kappa shape index (κ2) is 12.7. The van der Waals surface area contributed by atoms with E-state index in [1.807, 2.05) is 18.2 Å². The van der Waals surface area contributed by atoms with Gasteiger partial charge in [0.2, 0.25) is 0 Å². The number of nitrogens with zero attached hydrogens (tertiary/aromatic N) is 3. The van der Waals surface area contributed by atoms with Crippen LogP contribution in [0.3, 0.4) is 0 Å². The molecule has 0 unspecified atom stereocenters. The molecule has 2 heterocycles. The highest BCUT2D eigenvalue weighted by Crippen LogP contribution is 2.56. The SMILES string of the molecule is c1ccc(C2(c3cccc(-c4nc(-c5ccc6c(c5)oc5ccccc56)nc(-c5cc6ccccc6c6ccccc56)n4)c3)c3ccccc3-c3ccccc32)cc1. The molecule has 0 spiro atoms. The van der Waals surface area contributed by atoms with Crippen LogP contribution in [0, 0.1) is 0 Å². The molecule has 58 heavy (non-hydrogen) atoms. The lowest BCUT2D eigenvalue weighted by molar-refractivity contribution is 0.669. The van der Waals surface area contributed by atoms with E-state index in [2.05, 4.69) is 182 Å². The van der Waals surface area contributed by atoms with Crippen LogP contribution >= 0.6 is 0 Å². The van der Waals surface area contributed by atoms with E-state index in [1.54, 1.807) is 0 Å². The third kappa shape index (κ3) is 4.79. The first kappa shape index (κ1) is 32.5. The van der Waals surface area contributed by atoms with Crippen LogP contribution in [0.5, 0.6) is 0 Å². The van der Waals surface area contributed by atoms with Crippen molar-refractivity contribution >= 4 is 43.5 Å². The first-order valence-electron chi connectivity index (χ1n) is 19.7.